The first-order valence-electron chi connectivity index (χ1n) is 8.40. The van der Waals surface area contributed by atoms with Gasteiger partial charge in [-0.3, -0.25) is 4.79 Å². The van der Waals surface area contributed by atoms with Crippen molar-refractivity contribution >= 4 is 31.2 Å². The molecule has 1 aliphatic heterocycles. The number of nitrogens with one attached hydrogen (secondary N) is 1. The molecule has 10 heteroatoms. The lowest BCUT2D eigenvalue weighted by molar-refractivity contribution is -0.0508. The predicted molar refractivity (Wildman–Crippen MR) is 101 cm³/mol. The largest absolute Gasteiger partial charge is 0.394 e. The zero-order valence-electron chi connectivity index (χ0n) is 14.7. The van der Waals surface area contributed by atoms with Gasteiger partial charge in [0, 0.05) is 20.2 Å². The van der Waals surface area contributed by atoms with Crippen molar-refractivity contribution < 1.29 is 24.9 Å². The van der Waals surface area contributed by atoms with Crippen LogP contribution < -0.4 is 5.32 Å². The molecule has 1 aliphatic rings. The fourth-order valence-corrected chi connectivity index (χ4v) is 3.15. The van der Waals surface area contributed by atoms with Crippen LogP contribution in [0, 0.1) is 0 Å². The molecule has 2 aromatic heterocycles. The van der Waals surface area contributed by atoms with Crippen LogP contribution in [0.5, 0.6) is 0 Å². The highest BCUT2D eigenvalue weighted by Crippen LogP contribution is 2.33. The highest BCUT2D eigenvalue weighted by molar-refractivity contribution is 6.07. The second-order valence-corrected chi connectivity index (χ2v) is 6.23. The first-order valence-corrected chi connectivity index (χ1v) is 8.40. The minimum absolute atomic E-state index is 0. The smallest absolute Gasteiger partial charge is 0.256 e. The Kier molecular flexibility index (Phi) is 5.75. The van der Waals surface area contributed by atoms with E-state index in [1.807, 2.05) is 6.07 Å². The molecule has 1 saturated heterocycles. The molecule has 3 heterocycles. The number of nitrogens with zero attached hydrogens (tertiary/aromatic N) is 3. The van der Waals surface area contributed by atoms with Crippen LogP contribution >= 0.6 is 0 Å². The molecule has 4 atom stereocenters. The number of hydrogen-bond donors (Lipinski definition) is 4. The van der Waals surface area contributed by atoms with Crippen molar-refractivity contribution in [1.29, 1.82) is 0 Å². The first kappa shape index (κ1) is 20.0. The topological polar surface area (TPSA) is 130 Å². The van der Waals surface area contributed by atoms with Crippen LogP contribution in [0.2, 0.25) is 0 Å². The Balaban J connectivity index is 0.00000225. The fraction of sp³-hybridized carbons (Fsp3) is 0.278. The molecule has 1 amide bonds. The summed E-state index contributed by atoms with van der Waals surface area (Å²) in [7, 11) is 0. The van der Waals surface area contributed by atoms with Crippen molar-refractivity contribution in [2.75, 3.05) is 11.9 Å². The molecule has 3 radical (unpaired) electrons. The van der Waals surface area contributed by atoms with E-state index >= 15 is 0 Å². The Morgan fingerprint density at radius 1 is 1.14 bits per heavy atom. The number of aliphatic hydroxyl groups excluding tert-OH is 3. The maximum atomic E-state index is 12.4. The average molecular weight is 381 g/mol. The quantitative estimate of drug-likeness (QED) is 0.465. The van der Waals surface area contributed by atoms with Gasteiger partial charge in [-0.15, -0.1) is 0 Å². The molecule has 0 aliphatic carbocycles. The third-order valence-corrected chi connectivity index (χ3v) is 4.57. The van der Waals surface area contributed by atoms with Crippen molar-refractivity contribution in [2.24, 2.45) is 0 Å². The van der Waals surface area contributed by atoms with Crippen molar-refractivity contribution in [3.05, 3.63) is 54.5 Å². The van der Waals surface area contributed by atoms with Crippen LogP contribution in [-0.4, -0.2) is 69.1 Å². The lowest BCUT2D eigenvalue weighted by Crippen LogP contribution is -2.33. The number of aliphatic hydroxyl groups is 3. The molecule has 28 heavy (non-hydrogen) atoms. The van der Waals surface area contributed by atoms with Gasteiger partial charge in [-0.05, 0) is 18.2 Å². The second kappa shape index (κ2) is 8.07. The van der Waals surface area contributed by atoms with Crippen molar-refractivity contribution in [1.82, 2.24) is 14.5 Å². The number of rotatable bonds is 4. The van der Waals surface area contributed by atoms with E-state index < -0.39 is 31.1 Å². The molecule has 3 aromatic rings. The molecule has 143 valence electrons. The highest BCUT2D eigenvalue weighted by atomic mass is 16.6. The summed E-state index contributed by atoms with van der Waals surface area (Å²) in [5.41, 5.74) is 0.912. The lowest BCUT2D eigenvalue weighted by Gasteiger charge is -2.17. The van der Waals surface area contributed by atoms with Crippen LogP contribution in [0.4, 0.5) is 5.82 Å². The van der Waals surface area contributed by atoms with E-state index in [0.717, 1.165) is 0 Å². The van der Waals surface area contributed by atoms with E-state index in [4.69, 9.17) is 4.74 Å². The van der Waals surface area contributed by atoms with Crippen molar-refractivity contribution in [3.8, 4) is 0 Å². The number of amides is 1. The van der Waals surface area contributed by atoms with Crippen LogP contribution in [-0.2, 0) is 4.74 Å². The lowest BCUT2D eigenvalue weighted by atomic mass is 10.1. The molecule has 1 fully saturated rings. The predicted octanol–water partition coefficient (Wildman–Crippen LogP) is -0.0857. The third kappa shape index (κ3) is 3.38. The molecule has 4 rings (SSSR count). The summed E-state index contributed by atoms with van der Waals surface area (Å²) in [5.74, 6) is 0.00983. The number of ether oxygens (including phenoxy) is 1. The van der Waals surface area contributed by atoms with Crippen LogP contribution in [0.3, 0.4) is 0 Å². The monoisotopic (exact) mass is 381 g/mol. The molecule has 1 aromatic carbocycles. The van der Waals surface area contributed by atoms with Crippen LogP contribution in [0.25, 0.3) is 11.0 Å². The number of carbonyl (C=O) groups is 1. The Labute approximate surface area is 162 Å². The maximum absolute atomic E-state index is 12.4. The van der Waals surface area contributed by atoms with Gasteiger partial charge in [-0.25, -0.2) is 9.97 Å². The van der Waals surface area contributed by atoms with Gasteiger partial charge < -0.3 is 29.9 Å². The molecule has 0 bridgehead atoms. The standard InChI is InChI=1S/C18H18N4O5.B/c23-8-12-13(24)14(25)18(27-12)22-7-6-11-15(19-9-20-16(11)22)21-17(26)10-4-2-1-3-5-10;/h1-7,9,12-14,18,23-25H,8H2,(H,19,20,21,26);/t12-,13?,14+,18-;/m1./s1. The van der Waals surface area contributed by atoms with E-state index in [9.17, 15) is 20.1 Å². The van der Waals surface area contributed by atoms with Gasteiger partial charge in [0.1, 0.15) is 36.1 Å². The van der Waals surface area contributed by atoms with E-state index in [1.54, 1.807) is 41.1 Å². The summed E-state index contributed by atoms with van der Waals surface area (Å²) in [5, 5.41) is 32.8. The van der Waals surface area contributed by atoms with Gasteiger partial charge in [0.05, 0.1) is 12.0 Å². The number of fused-ring (bicyclic) bond motifs is 1. The molecular formula is C18H18BN4O5. The van der Waals surface area contributed by atoms with Crippen LogP contribution in [0.1, 0.15) is 16.6 Å². The van der Waals surface area contributed by atoms with E-state index in [-0.39, 0.29) is 14.3 Å². The Morgan fingerprint density at radius 2 is 1.89 bits per heavy atom. The zero-order valence-corrected chi connectivity index (χ0v) is 14.7. The van der Waals surface area contributed by atoms with Gasteiger partial charge in [0.2, 0.25) is 0 Å². The SMILES string of the molecule is O=C(Nc1ncnc2c1ccn2[C@@H]1O[C@H](CO)C(O)[C@@H]1O)c1ccccc1.[B]. The number of benzene rings is 1. The van der Waals surface area contributed by atoms with Crippen molar-refractivity contribution in [2.45, 2.75) is 24.5 Å². The number of anilines is 1. The molecule has 1 unspecified atom stereocenters. The second-order valence-electron chi connectivity index (χ2n) is 6.23. The molecule has 4 N–H and O–H groups in total. The first-order chi connectivity index (χ1) is 13.1. The maximum Gasteiger partial charge on any atom is 0.256 e. The van der Waals surface area contributed by atoms with E-state index in [2.05, 4.69) is 15.3 Å². The minimum Gasteiger partial charge on any atom is -0.394 e. The molecule has 0 saturated carbocycles. The number of hydrogen-bond acceptors (Lipinski definition) is 7. The van der Waals surface area contributed by atoms with E-state index in [1.165, 1.54) is 6.33 Å². The molecular weight excluding hydrogens is 363 g/mol. The zero-order chi connectivity index (χ0) is 19.0. The van der Waals surface area contributed by atoms with E-state index in [0.29, 0.717) is 22.4 Å². The molecule has 9 nitrogen and oxygen atoms in total. The molecule has 0 spiro atoms. The summed E-state index contributed by atoms with van der Waals surface area (Å²) in [4.78, 5) is 20.7. The Hall–Kier alpha value is -2.79. The minimum atomic E-state index is -1.23. The third-order valence-electron chi connectivity index (χ3n) is 4.57. The van der Waals surface area contributed by atoms with Gasteiger partial charge in [-0.2, -0.15) is 0 Å². The van der Waals surface area contributed by atoms with Gasteiger partial charge in [0.25, 0.3) is 5.91 Å². The number of carbonyl (C=O) groups excluding carboxylic acids is 1. The normalized spacial score (nSPS) is 24.1. The highest BCUT2D eigenvalue weighted by Gasteiger charge is 2.43. The van der Waals surface area contributed by atoms with Gasteiger partial charge >= 0.3 is 0 Å². The van der Waals surface area contributed by atoms with Crippen LogP contribution in [0.15, 0.2) is 48.9 Å². The average Bonchev–Trinajstić information content (AvgIpc) is 3.25. The Morgan fingerprint density at radius 3 is 2.57 bits per heavy atom. The summed E-state index contributed by atoms with van der Waals surface area (Å²) < 4.78 is 7.08. The summed E-state index contributed by atoms with van der Waals surface area (Å²) in [6.07, 6.45) is -1.33. The van der Waals surface area contributed by atoms with Crippen molar-refractivity contribution in [3.63, 3.8) is 0 Å². The Bertz CT molecular complexity index is 967. The summed E-state index contributed by atoms with van der Waals surface area (Å²) in [6.45, 7) is -0.415. The van der Waals surface area contributed by atoms with Gasteiger partial charge in [0.15, 0.2) is 6.23 Å². The number of aromatic nitrogens is 3. The van der Waals surface area contributed by atoms with Gasteiger partial charge in [-0.1, -0.05) is 18.2 Å². The summed E-state index contributed by atoms with van der Waals surface area (Å²) in [6, 6.07) is 10.4. The summed E-state index contributed by atoms with van der Waals surface area (Å²) >= 11 is 0. The fourth-order valence-electron chi connectivity index (χ4n) is 3.15.